The van der Waals surface area contributed by atoms with Gasteiger partial charge in [-0.15, -0.1) is 0 Å². The molecular weight excluding hydrogens is 282 g/mol. The molecule has 0 aliphatic rings. The van der Waals surface area contributed by atoms with E-state index in [1.165, 1.54) is 0 Å². The van der Waals surface area contributed by atoms with Gasteiger partial charge in [0.1, 0.15) is 0 Å². The van der Waals surface area contributed by atoms with Crippen LogP contribution < -0.4 is 0 Å². The number of halogens is 1. The molecule has 0 fully saturated rings. The molecule has 1 rings (SSSR count). The Bertz CT molecular complexity index is 463. The number of rotatable bonds is 4. The van der Waals surface area contributed by atoms with Crippen LogP contribution in [0.25, 0.3) is 0 Å². The Morgan fingerprint density at radius 3 is 2.71 bits per heavy atom. The van der Waals surface area contributed by atoms with E-state index in [2.05, 4.69) is 22.0 Å². The maximum atomic E-state index is 11.5. The average Bonchev–Trinajstić information content (AvgIpc) is 2.31. The lowest BCUT2D eigenvalue weighted by Gasteiger charge is -2.11. The highest BCUT2D eigenvalue weighted by Gasteiger charge is 2.14. The van der Waals surface area contributed by atoms with Crippen molar-refractivity contribution in [2.45, 2.75) is 25.6 Å². The molecule has 0 aliphatic heterocycles. The van der Waals surface area contributed by atoms with Crippen molar-refractivity contribution < 1.29 is 9.53 Å². The van der Waals surface area contributed by atoms with Gasteiger partial charge >= 0.3 is 5.97 Å². The lowest BCUT2D eigenvalue weighted by Crippen LogP contribution is -2.11. The Labute approximate surface area is 110 Å². The zero-order valence-corrected chi connectivity index (χ0v) is 11.5. The minimum absolute atomic E-state index is 0.218. The number of hydrogen-bond donors (Lipinski definition) is 0. The second-order valence-corrected chi connectivity index (χ2v) is 4.18. The van der Waals surface area contributed by atoms with Gasteiger partial charge in [-0.3, -0.25) is 4.79 Å². The molecule has 0 aliphatic carbocycles. The lowest BCUT2D eigenvalue weighted by atomic mass is 9.96. The van der Waals surface area contributed by atoms with Crippen molar-refractivity contribution in [2.24, 2.45) is 0 Å². The van der Waals surface area contributed by atoms with Crippen LogP contribution in [0, 0.1) is 18.3 Å². The first kappa shape index (κ1) is 13.7. The van der Waals surface area contributed by atoms with E-state index in [4.69, 9.17) is 10.00 Å². The maximum absolute atomic E-state index is 11.5. The third-order valence-corrected chi connectivity index (χ3v) is 3.11. The van der Waals surface area contributed by atoms with E-state index in [9.17, 15) is 4.79 Å². The lowest BCUT2D eigenvalue weighted by molar-refractivity contribution is -0.142. The van der Waals surface area contributed by atoms with Crippen LogP contribution in [0.2, 0.25) is 0 Å². The van der Waals surface area contributed by atoms with Crippen molar-refractivity contribution in [2.75, 3.05) is 6.61 Å². The predicted molar refractivity (Wildman–Crippen MR) is 68.9 cm³/mol. The number of hydrogen-bond acceptors (Lipinski definition) is 3. The number of alkyl halides is 1. The quantitative estimate of drug-likeness (QED) is 0.634. The van der Waals surface area contributed by atoms with E-state index in [1.807, 2.05) is 13.0 Å². The molecule has 17 heavy (non-hydrogen) atoms. The summed E-state index contributed by atoms with van der Waals surface area (Å²) in [4.78, 5) is 11.5. The Hall–Kier alpha value is -1.34. The van der Waals surface area contributed by atoms with Gasteiger partial charge in [-0.05, 0) is 36.6 Å². The number of benzene rings is 1. The summed E-state index contributed by atoms with van der Waals surface area (Å²) in [6, 6.07) is 5.78. The highest BCUT2D eigenvalue weighted by atomic mass is 79.9. The number of carbonyl (C=O) groups excluding carboxylic acids is 1. The van der Waals surface area contributed by atoms with Crippen molar-refractivity contribution >= 4 is 21.9 Å². The molecule has 0 heterocycles. The standard InChI is InChI=1S/C13H14BrNO2/c1-3-17-13(16)6-11-9(2)4-5-10(8-15)12(11)7-14/h4-5H,3,6-7H2,1-2H3. The molecule has 0 amide bonds. The number of esters is 1. The Morgan fingerprint density at radius 2 is 2.18 bits per heavy atom. The van der Waals surface area contributed by atoms with Crippen molar-refractivity contribution in [3.05, 3.63) is 34.4 Å². The monoisotopic (exact) mass is 295 g/mol. The summed E-state index contributed by atoms with van der Waals surface area (Å²) >= 11 is 3.36. The molecule has 90 valence electrons. The van der Waals surface area contributed by atoms with Crippen LogP contribution in [0.3, 0.4) is 0 Å². The first-order chi connectivity index (χ1) is 8.13. The second-order valence-electron chi connectivity index (χ2n) is 3.61. The van der Waals surface area contributed by atoms with Crippen molar-refractivity contribution in [1.82, 2.24) is 0 Å². The molecule has 0 N–H and O–H groups in total. The topological polar surface area (TPSA) is 50.1 Å². The van der Waals surface area contributed by atoms with Gasteiger partial charge < -0.3 is 4.74 Å². The first-order valence-electron chi connectivity index (χ1n) is 5.37. The minimum atomic E-state index is -0.257. The smallest absolute Gasteiger partial charge is 0.310 e. The van der Waals surface area contributed by atoms with Gasteiger partial charge in [-0.1, -0.05) is 22.0 Å². The van der Waals surface area contributed by atoms with Gasteiger partial charge in [0.2, 0.25) is 0 Å². The van der Waals surface area contributed by atoms with Crippen LogP contribution in [0.5, 0.6) is 0 Å². The van der Waals surface area contributed by atoms with Crippen LogP contribution >= 0.6 is 15.9 Å². The van der Waals surface area contributed by atoms with Crippen LogP contribution in [0.1, 0.15) is 29.2 Å². The molecule has 1 aromatic carbocycles. The SMILES string of the molecule is CCOC(=O)Cc1c(C)ccc(C#N)c1CBr. The molecule has 4 heteroatoms. The highest BCUT2D eigenvalue weighted by molar-refractivity contribution is 9.08. The summed E-state index contributed by atoms with van der Waals surface area (Å²) in [5.74, 6) is -0.257. The van der Waals surface area contributed by atoms with Crippen LogP contribution in [0.15, 0.2) is 12.1 Å². The van der Waals surface area contributed by atoms with E-state index in [0.717, 1.165) is 16.7 Å². The Kier molecular flexibility index (Phi) is 5.17. The fourth-order valence-electron chi connectivity index (χ4n) is 1.67. The summed E-state index contributed by atoms with van der Waals surface area (Å²) in [6.45, 7) is 4.09. The summed E-state index contributed by atoms with van der Waals surface area (Å²) < 4.78 is 4.94. The van der Waals surface area contributed by atoms with E-state index in [1.54, 1.807) is 13.0 Å². The normalized spacial score (nSPS) is 9.76. The fourth-order valence-corrected chi connectivity index (χ4v) is 2.31. The van der Waals surface area contributed by atoms with Gasteiger partial charge in [0, 0.05) is 5.33 Å². The summed E-state index contributed by atoms with van der Waals surface area (Å²) in [7, 11) is 0. The Morgan fingerprint density at radius 1 is 1.47 bits per heavy atom. The average molecular weight is 296 g/mol. The largest absolute Gasteiger partial charge is 0.466 e. The molecule has 0 unspecified atom stereocenters. The summed E-state index contributed by atoms with van der Waals surface area (Å²) in [5, 5.41) is 9.58. The number of nitriles is 1. The van der Waals surface area contributed by atoms with Crippen LogP contribution in [-0.2, 0) is 21.3 Å². The molecule has 3 nitrogen and oxygen atoms in total. The molecule has 0 saturated carbocycles. The van der Waals surface area contributed by atoms with E-state index in [-0.39, 0.29) is 12.4 Å². The second kappa shape index (κ2) is 6.41. The third-order valence-electron chi connectivity index (χ3n) is 2.55. The molecule has 0 atom stereocenters. The van der Waals surface area contributed by atoms with Gasteiger partial charge in [0.25, 0.3) is 0 Å². The number of aryl methyl sites for hydroxylation is 1. The molecule has 0 radical (unpaired) electrons. The van der Waals surface area contributed by atoms with Crippen molar-refractivity contribution in [3.8, 4) is 6.07 Å². The van der Waals surface area contributed by atoms with Crippen LogP contribution in [0.4, 0.5) is 0 Å². The maximum Gasteiger partial charge on any atom is 0.310 e. The van der Waals surface area contributed by atoms with E-state index >= 15 is 0 Å². The molecule has 0 saturated heterocycles. The van der Waals surface area contributed by atoms with Gasteiger partial charge in [0.05, 0.1) is 24.7 Å². The number of nitrogens with zero attached hydrogens (tertiary/aromatic N) is 1. The van der Waals surface area contributed by atoms with Gasteiger partial charge in [-0.25, -0.2) is 0 Å². The fraction of sp³-hybridized carbons (Fsp3) is 0.385. The van der Waals surface area contributed by atoms with E-state index in [0.29, 0.717) is 17.5 Å². The first-order valence-corrected chi connectivity index (χ1v) is 6.49. The number of ether oxygens (including phenoxy) is 1. The van der Waals surface area contributed by atoms with E-state index < -0.39 is 0 Å². The minimum Gasteiger partial charge on any atom is -0.466 e. The Balaban J connectivity index is 3.13. The summed E-state index contributed by atoms with van der Waals surface area (Å²) in [6.07, 6.45) is 0.218. The van der Waals surface area contributed by atoms with Crippen LogP contribution in [-0.4, -0.2) is 12.6 Å². The molecule has 0 aromatic heterocycles. The zero-order valence-electron chi connectivity index (χ0n) is 9.92. The molecule has 1 aromatic rings. The molecular formula is C13H14BrNO2. The highest BCUT2D eigenvalue weighted by Crippen LogP contribution is 2.22. The molecule has 0 spiro atoms. The predicted octanol–water partition coefficient (Wildman–Crippen LogP) is 2.87. The summed E-state index contributed by atoms with van der Waals surface area (Å²) in [5.41, 5.74) is 3.37. The zero-order chi connectivity index (χ0) is 12.8. The molecule has 0 bridgehead atoms. The third kappa shape index (κ3) is 3.31. The van der Waals surface area contributed by atoms with Crippen molar-refractivity contribution in [3.63, 3.8) is 0 Å². The van der Waals surface area contributed by atoms with Gasteiger partial charge in [0.15, 0.2) is 0 Å². The van der Waals surface area contributed by atoms with Gasteiger partial charge in [-0.2, -0.15) is 5.26 Å². The van der Waals surface area contributed by atoms with Crippen molar-refractivity contribution in [1.29, 1.82) is 5.26 Å². The number of carbonyl (C=O) groups is 1.